The van der Waals surface area contributed by atoms with Crippen molar-refractivity contribution in [2.75, 3.05) is 0 Å². The third-order valence-corrected chi connectivity index (χ3v) is 9.49. The van der Waals surface area contributed by atoms with Crippen LogP contribution in [-0.4, -0.2) is 18.0 Å². The van der Waals surface area contributed by atoms with Crippen molar-refractivity contribution in [3.8, 4) is 22.5 Å². The van der Waals surface area contributed by atoms with Crippen LogP contribution in [0.2, 0.25) is 19.6 Å². The Morgan fingerprint density at radius 2 is 1.36 bits per heavy atom. The molecule has 0 aliphatic rings. The molecule has 1 radical (unpaired) electrons. The van der Waals surface area contributed by atoms with Crippen LogP contribution >= 0.6 is 0 Å². The molecule has 6 rings (SSSR count). The molecule has 3 aromatic heterocycles. The molecule has 3 aromatic carbocycles. The van der Waals surface area contributed by atoms with Gasteiger partial charge in [0.1, 0.15) is 5.58 Å². The van der Waals surface area contributed by atoms with E-state index in [4.69, 9.17) is 4.42 Å². The van der Waals surface area contributed by atoms with Gasteiger partial charge >= 0.3 is 0 Å². The normalized spacial score (nSPS) is 11.5. The molecule has 5 heteroatoms. The molecule has 0 fully saturated rings. The summed E-state index contributed by atoms with van der Waals surface area (Å²) in [5.74, 6) is 1.01. The van der Waals surface area contributed by atoms with Crippen LogP contribution in [0.25, 0.3) is 44.5 Å². The van der Waals surface area contributed by atoms with E-state index < -0.39 is 8.07 Å². The van der Waals surface area contributed by atoms with Crippen LogP contribution in [0.4, 0.5) is 0 Å². The van der Waals surface area contributed by atoms with E-state index in [0.717, 1.165) is 39.1 Å². The zero-order chi connectivity index (χ0) is 29.1. The molecule has 0 aliphatic heterocycles. The summed E-state index contributed by atoms with van der Waals surface area (Å²) in [6.45, 7) is 15.8. The second-order valence-electron chi connectivity index (χ2n) is 12.2. The first-order valence-corrected chi connectivity index (χ1v) is 17.9. The largest absolute Gasteiger partial charge is 0.501 e. The Morgan fingerprint density at radius 3 is 1.90 bits per heavy atom. The van der Waals surface area contributed by atoms with Gasteiger partial charge in [-0.3, -0.25) is 0 Å². The Hall–Kier alpha value is -3.37. The van der Waals surface area contributed by atoms with E-state index in [1.54, 1.807) is 0 Å². The summed E-state index contributed by atoms with van der Waals surface area (Å²) in [6, 6.07) is 33.5. The predicted octanol–water partition coefficient (Wildman–Crippen LogP) is 9.79. The Morgan fingerprint density at radius 1 is 0.690 bits per heavy atom. The van der Waals surface area contributed by atoms with E-state index in [1.807, 2.05) is 42.7 Å². The van der Waals surface area contributed by atoms with Gasteiger partial charge in [-0.1, -0.05) is 99.9 Å². The number of rotatable bonds is 5. The predicted molar refractivity (Wildman–Crippen MR) is 175 cm³/mol. The van der Waals surface area contributed by atoms with E-state index in [2.05, 4.69) is 118 Å². The van der Waals surface area contributed by atoms with Crippen molar-refractivity contribution in [2.45, 2.75) is 59.2 Å². The van der Waals surface area contributed by atoms with Crippen LogP contribution in [0, 0.1) is 12.1 Å². The van der Waals surface area contributed by atoms with E-state index in [1.165, 1.54) is 21.7 Å². The second-order valence-corrected chi connectivity index (χ2v) is 17.3. The third kappa shape index (κ3) is 6.98. The topological polar surface area (TPSA) is 38.9 Å². The van der Waals surface area contributed by atoms with Crippen LogP contribution in [0.1, 0.15) is 50.7 Å². The van der Waals surface area contributed by atoms with Gasteiger partial charge in [0.05, 0.1) is 13.7 Å². The molecule has 3 nitrogen and oxygen atoms in total. The maximum absolute atomic E-state index is 6.23. The van der Waals surface area contributed by atoms with Gasteiger partial charge in [-0.25, -0.2) is 0 Å². The van der Waals surface area contributed by atoms with Crippen LogP contribution in [0.5, 0.6) is 0 Å². The number of fused-ring (bicyclic) bond motifs is 3. The summed E-state index contributed by atoms with van der Waals surface area (Å²) in [5, 5.41) is 3.78. The number of pyridine rings is 2. The average Bonchev–Trinajstić information content (AvgIpc) is 3.36. The molecule has 0 atom stereocenters. The van der Waals surface area contributed by atoms with Gasteiger partial charge in [0.25, 0.3) is 0 Å². The standard InChI is InChI=1S/C23H24NOSi.C14H14N.Ir/c1-15(2)16-9-11-21(24-14-16)19-8-6-7-18-20-13-17(26(3,4)5)10-12-22(20)25-23(18)19;1-11(2)13-8-9-14(15-10-13)12-6-4-3-5-7-12;/h6-7,9-15H,1-5H3;3-6,8-11H,1-2H3;/q2*-1;. The minimum Gasteiger partial charge on any atom is -0.501 e. The Balaban J connectivity index is 0.000000216. The van der Waals surface area contributed by atoms with Crippen LogP contribution < -0.4 is 5.19 Å². The van der Waals surface area contributed by atoms with Crippen LogP contribution in [-0.2, 0) is 20.1 Å². The van der Waals surface area contributed by atoms with E-state index in [0.29, 0.717) is 11.8 Å². The fraction of sp³-hybridized carbons (Fsp3) is 0.243. The number of benzene rings is 3. The fourth-order valence-electron chi connectivity index (χ4n) is 4.75. The summed E-state index contributed by atoms with van der Waals surface area (Å²) in [6.07, 6.45) is 3.90. The van der Waals surface area contributed by atoms with Gasteiger partial charge in [0.2, 0.25) is 0 Å². The minimum absolute atomic E-state index is 0. The maximum Gasteiger partial charge on any atom is 0.120 e. The molecule has 0 saturated heterocycles. The van der Waals surface area contributed by atoms with E-state index in [9.17, 15) is 0 Å². The van der Waals surface area contributed by atoms with Crippen molar-refractivity contribution in [2.24, 2.45) is 0 Å². The Labute approximate surface area is 264 Å². The van der Waals surface area contributed by atoms with Crippen LogP contribution in [0.3, 0.4) is 0 Å². The molecule has 0 spiro atoms. The van der Waals surface area contributed by atoms with Crippen molar-refractivity contribution in [1.82, 2.24) is 9.97 Å². The average molecular weight is 747 g/mol. The molecule has 0 amide bonds. The number of furan rings is 1. The maximum atomic E-state index is 6.23. The molecule has 0 N–H and O–H groups in total. The third-order valence-electron chi connectivity index (χ3n) is 7.44. The van der Waals surface area contributed by atoms with Crippen LogP contribution in [0.15, 0.2) is 95.7 Å². The number of hydrogen-bond acceptors (Lipinski definition) is 3. The number of nitrogens with zero attached hydrogens (tertiary/aromatic N) is 2. The van der Waals surface area contributed by atoms with Crippen molar-refractivity contribution in [1.29, 1.82) is 0 Å². The first-order chi connectivity index (χ1) is 19.6. The summed E-state index contributed by atoms with van der Waals surface area (Å²) in [7, 11) is -1.37. The summed E-state index contributed by atoms with van der Waals surface area (Å²) >= 11 is 0. The molecule has 6 aromatic rings. The first kappa shape index (κ1) is 31.6. The number of aromatic nitrogens is 2. The van der Waals surface area contributed by atoms with E-state index >= 15 is 0 Å². The van der Waals surface area contributed by atoms with Crippen molar-refractivity contribution in [3.05, 3.63) is 115 Å². The van der Waals surface area contributed by atoms with Crippen molar-refractivity contribution < 1.29 is 24.5 Å². The Kier molecular flexibility index (Phi) is 9.99. The number of hydrogen-bond donors (Lipinski definition) is 0. The Bertz CT molecular complexity index is 1750. The van der Waals surface area contributed by atoms with Gasteiger partial charge < -0.3 is 14.4 Å². The summed E-state index contributed by atoms with van der Waals surface area (Å²) in [5.41, 5.74) is 8.20. The van der Waals surface area contributed by atoms with Gasteiger partial charge in [-0.2, -0.15) is 0 Å². The second kappa shape index (κ2) is 13.3. The van der Waals surface area contributed by atoms with Gasteiger partial charge in [-0.15, -0.1) is 54.1 Å². The van der Waals surface area contributed by atoms with Gasteiger partial charge in [0.15, 0.2) is 0 Å². The smallest absolute Gasteiger partial charge is 0.120 e. The van der Waals surface area contributed by atoms with Gasteiger partial charge in [0, 0.05) is 37.9 Å². The molecule has 0 bridgehead atoms. The molecule has 42 heavy (non-hydrogen) atoms. The fourth-order valence-corrected chi connectivity index (χ4v) is 5.91. The molecular weight excluding hydrogens is 709 g/mol. The molecule has 0 saturated carbocycles. The van der Waals surface area contributed by atoms with E-state index in [-0.39, 0.29) is 20.1 Å². The molecule has 3 heterocycles. The molecule has 217 valence electrons. The molecule has 0 unspecified atom stereocenters. The monoisotopic (exact) mass is 747 g/mol. The quantitative estimate of drug-likeness (QED) is 0.130. The SMILES string of the molecule is CC(C)c1ccc(-c2[c-]ccc3c2oc2ccc([Si](C)(C)C)cc23)nc1.CC(C)c1ccc(-c2[c-]cccc2)nc1.[Ir]. The van der Waals surface area contributed by atoms with Gasteiger partial charge in [-0.05, 0) is 40.4 Å². The summed E-state index contributed by atoms with van der Waals surface area (Å²) < 4.78 is 6.23. The first-order valence-electron chi connectivity index (χ1n) is 14.4. The zero-order valence-electron chi connectivity index (χ0n) is 25.5. The zero-order valence-corrected chi connectivity index (χ0v) is 28.8. The minimum atomic E-state index is -1.37. The molecular formula is C37H38IrN2OSi-2. The van der Waals surface area contributed by atoms with Crippen molar-refractivity contribution in [3.63, 3.8) is 0 Å². The van der Waals surface area contributed by atoms with Crippen molar-refractivity contribution >= 4 is 35.2 Å². The molecule has 0 aliphatic carbocycles. The summed E-state index contributed by atoms with van der Waals surface area (Å²) in [4.78, 5) is 9.10.